The number of aromatic hydroxyl groups is 1. The molecule has 0 saturated carbocycles. The van der Waals surface area contributed by atoms with Gasteiger partial charge in [0.15, 0.2) is 0 Å². The fourth-order valence-corrected chi connectivity index (χ4v) is 6.97. The lowest BCUT2D eigenvalue weighted by molar-refractivity contribution is 0.131. The molecule has 3 aliphatic rings. The zero-order chi connectivity index (χ0) is 22.8. The van der Waals surface area contributed by atoms with Gasteiger partial charge >= 0.3 is 0 Å². The van der Waals surface area contributed by atoms with Gasteiger partial charge in [-0.25, -0.2) is 0 Å². The Bertz CT molecular complexity index is 1430. The molecule has 174 valence electrons. The van der Waals surface area contributed by atoms with Crippen molar-refractivity contribution >= 4 is 21.8 Å². The van der Waals surface area contributed by atoms with E-state index in [0.29, 0.717) is 23.8 Å². The number of phenolic OH excluding ortho intramolecular Hbond substituents is 1. The predicted molar refractivity (Wildman–Crippen MR) is 137 cm³/mol. The first kappa shape index (κ1) is 20.4. The number of aromatic nitrogens is 2. The van der Waals surface area contributed by atoms with Gasteiger partial charge in [0.2, 0.25) is 0 Å². The number of phenols is 1. The summed E-state index contributed by atoms with van der Waals surface area (Å²) in [6.45, 7) is 5.41. The predicted octanol–water partition coefficient (Wildman–Crippen LogP) is 5.50. The van der Waals surface area contributed by atoms with E-state index in [9.17, 15) is 5.11 Å². The van der Waals surface area contributed by atoms with Gasteiger partial charge in [0.05, 0.1) is 6.04 Å². The second-order valence-corrected chi connectivity index (χ2v) is 10.3. The molecule has 0 radical (unpaired) electrons. The Morgan fingerprint density at radius 3 is 2.74 bits per heavy atom. The molecule has 0 bridgehead atoms. The summed E-state index contributed by atoms with van der Waals surface area (Å²) in [5.41, 5.74) is 9.68. The van der Waals surface area contributed by atoms with Crippen LogP contribution in [0.2, 0.25) is 0 Å². The number of hydrogen-bond acceptors (Lipinski definition) is 3. The van der Waals surface area contributed by atoms with Crippen LogP contribution in [0.3, 0.4) is 0 Å². The van der Waals surface area contributed by atoms with Crippen molar-refractivity contribution in [3.63, 3.8) is 0 Å². The number of hydrogen-bond donors (Lipinski definition) is 4. The SMILES string of the molecule is C/C=C1/CN2CCc3c([nH]c4ccccc34)[C@@H]2C[C@@H]1C[C@H]1NCCc2c1[nH]c1ccc(O)cc21. The van der Waals surface area contributed by atoms with Gasteiger partial charge in [-0.15, -0.1) is 0 Å². The molecule has 2 aromatic carbocycles. The first-order valence-corrected chi connectivity index (χ1v) is 12.7. The van der Waals surface area contributed by atoms with E-state index in [-0.39, 0.29) is 0 Å². The Morgan fingerprint density at radius 1 is 1.00 bits per heavy atom. The van der Waals surface area contributed by atoms with Crippen LogP contribution in [-0.4, -0.2) is 39.6 Å². The summed E-state index contributed by atoms with van der Waals surface area (Å²) < 4.78 is 0. The highest BCUT2D eigenvalue weighted by Gasteiger charge is 2.39. The molecule has 7 rings (SSSR count). The Labute approximate surface area is 199 Å². The monoisotopic (exact) mass is 452 g/mol. The van der Waals surface area contributed by atoms with Crippen molar-refractivity contribution < 1.29 is 5.11 Å². The highest BCUT2D eigenvalue weighted by atomic mass is 16.3. The second kappa shape index (κ2) is 7.76. The molecule has 0 amide bonds. The van der Waals surface area contributed by atoms with E-state index in [1.54, 1.807) is 11.6 Å². The molecule has 4 aromatic rings. The molecule has 1 saturated heterocycles. The molecule has 5 heteroatoms. The quantitative estimate of drug-likeness (QED) is 0.304. The van der Waals surface area contributed by atoms with Gasteiger partial charge in [0.1, 0.15) is 5.75 Å². The van der Waals surface area contributed by atoms with E-state index in [0.717, 1.165) is 50.8 Å². The van der Waals surface area contributed by atoms with Gasteiger partial charge in [-0.05, 0) is 80.5 Å². The van der Waals surface area contributed by atoms with Crippen LogP contribution < -0.4 is 5.32 Å². The van der Waals surface area contributed by atoms with E-state index in [2.05, 4.69) is 57.4 Å². The number of piperidine rings is 1. The van der Waals surface area contributed by atoms with E-state index in [1.165, 1.54) is 38.8 Å². The third kappa shape index (κ3) is 3.07. The minimum absolute atomic E-state index is 0.315. The summed E-state index contributed by atoms with van der Waals surface area (Å²) in [4.78, 5) is 10.2. The van der Waals surface area contributed by atoms with Crippen molar-refractivity contribution in [2.24, 2.45) is 5.92 Å². The number of aromatic amines is 2. The topological polar surface area (TPSA) is 67.1 Å². The van der Waals surface area contributed by atoms with E-state index in [1.807, 2.05) is 12.1 Å². The van der Waals surface area contributed by atoms with Crippen LogP contribution in [0.5, 0.6) is 5.75 Å². The molecule has 3 atom stereocenters. The molecule has 34 heavy (non-hydrogen) atoms. The molecular weight excluding hydrogens is 420 g/mol. The van der Waals surface area contributed by atoms with Crippen LogP contribution >= 0.6 is 0 Å². The third-order valence-electron chi connectivity index (χ3n) is 8.62. The average Bonchev–Trinajstić information content (AvgIpc) is 3.43. The average molecular weight is 453 g/mol. The molecule has 0 spiro atoms. The molecule has 5 nitrogen and oxygen atoms in total. The molecule has 2 aromatic heterocycles. The van der Waals surface area contributed by atoms with Crippen LogP contribution in [-0.2, 0) is 12.8 Å². The summed E-state index contributed by atoms with van der Waals surface area (Å²) in [7, 11) is 0. The summed E-state index contributed by atoms with van der Waals surface area (Å²) in [5.74, 6) is 0.895. The van der Waals surface area contributed by atoms with Crippen LogP contribution in [0.1, 0.15) is 54.4 Å². The number of nitrogens with zero attached hydrogens (tertiary/aromatic N) is 1. The minimum Gasteiger partial charge on any atom is -0.508 e. The number of nitrogens with one attached hydrogen (secondary N) is 3. The maximum Gasteiger partial charge on any atom is 0.116 e. The molecule has 0 aliphatic carbocycles. The van der Waals surface area contributed by atoms with E-state index < -0.39 is 0 Å². The number of para-hydroxylation sites is 1. The van der Waals surface area contributed by atoms with Crippen LogP contribution in [0.15, 0.2) is 54.1 Å². The van der Waals surface area contributed by atoms with Gasteiger partial charge in [-0.1, -0.05) is 29.8 Å². The lowest BCUT2D eigenvalue weighted by atomic mass is 9.78. The maximum absolute atomic E-state index is 10.0. The molecule has 3 aliphatic heterocycles. The molecule has 5 heterocycles. The van der Waals surface area contributed by atoms with E-state index in [4.69, 9.17) is 0 Å². The normalized spacial score (nSPS) is 26.0. The second-order valence-electron chi connectivity index (χ2n) is 10.3. The fourth-order valence-electron chi connectivity index (χ4n) is 6.97. The van der Waals surface area contributed by atoms with Crippen molar-refractivity contribution in [2.75, 3.05) is 19.6 Å². The smallest absolute Gasteiger partial charge is 0.116 e. The summed E-state index contributed by atoms with van der Waals surface area (Å²) in [5, 5.41) is 16.4. The molecule has 4 N–H and O–H groups in total. The lowest BCUT2D eigenvalue weighted by Gasteiger charge is -2.44. The van der Waals surface area contributed by atoms with Gasteiger partial charge in [-0.3, -0.25) is 4.90 Å². The van der Waals surface area contributed by atoms with Crippen LogP contribution in [0.4, 0.5) is 0 Å². The highest BCUT2D eigenvalue weighted by molar-refractivity contribution is 5.86. The molecule has 1 fully saturated rings. The van der Waals surface area contributed by atoms with Crippen molar-refractivity contribution in [1.82, 2.24) is 20.2 Å². The zero-order valence-electron chi connectivity index (χ0n) is 19.7. The van der Waals surface area contributed by atoms with Gasteiger partial charge in [0.25, 0.3) is 0 Å². The Morgan fingerprint density at radius 2 is 1.82 bits per heavy atom. The van der Waals surface area contributed by atoms with Gasteiger partial charge in [-0.2, -0.15) is 0 Å². The van der Waals surface area contributed by atoms with Crippen LogP contribution in [0.25, 0.3) is 21.8 Å². The lowest BCUT2D eigenvalue weighted by Crippen LogP contribution is -2.43. The number of fused-ring (bicyclic) bond motifs is 8. The summed E-state index contributed by atoms with van der Waals surface area (Å²) in [6.07, 6.45) is 6.77. The number of allylic oxidation sites excluding steroid dienone is 1. The summed E-state index contributed by atoms with van der Waals surface area (Å²) in [6, 6.07) is 15.3. The number of benzene rings is 2. The van der Waals surface area contributed by atoms with Crippen molar-refractivity contribution in [1.29, 1.82) is 0 Å². The largest absolute Gasteiger partial charge is 0.508 e. The first-order chi connectivity index (χ1) is 16.7. The van der Waals surface area contributed by atoms with Gasteiger partial charge in [0, 0.05) is 52.3 Å². The van der Waals surface area contributed by atoms with Gasteiger partial charge < -0.3 is 20.4 Å². The number of rotatable bonds is 2. The van der Waals surface area contributed by atoms with Crippen molar-refractivity contribution in [3.8, 4) is 5.75 Å². The first-order valence-electron chi connectivity index (χ1n) is 12.7. The van der Waals surface area contributed by atoms with Crippen molar-refractivity contribution in [3.05, 3.63) is 76.6 Å². The standard InChI is InChI=1S/C29H32N4O/c1-2-17-16-33-12-10-22-20-5-3-4-6-24(20)32-29(22)27(33)14-18(17)13-26-28-21(9-11-30-26)23-15-19(34)7-8-25(23)31-28/h2-8,15,18,26-27,30-32,34H,9-14,16H2,1H3/b17-2-/t18-,26+,27-/m0/s1. The molecule has 0 unspecified atom stereocenters. The Kier molecular flexibility index (Phi) is 4.64. The van der Waals surface area contributed by atoms with Crippen molar-refractivity contribution in [2.45, 2.75) is 44.7 Å². The maximum atomic E-state index is 10.0. The molecular formula is C29H32N4O. The van der Waals surface area contributed by atoms with E-state index >= 15 is 0 Å². The van der Waals surface area contributed by atoms with Crippen LogP contribution in [0, 0.1) is 5.92 Å². The Balaban J connectivity index is 1.22. The Hall–Kier alpha value is -3.02. The third-order valence-corrected chi connectivity index (χ3v) is 8.62. The highest BCUT2D eigenvalue weighted by Crippen LogP contribution is 2.45. The zero-order valence-corrected chi connectivity index (χ0v) is 19.7. The summed E-state index contributed by atoms with van der Waals surface area (Å²) >= 11 is 0. The fraction of sp³-hybridized carbons (Fsp3) is 0.379. The minimum atomic E-state index is 0.315. The number of H-pyrrole nitrogens is 2.